The van der Waals surface area contributed by atoms with Crippen LogP contribution in [0.2, 0.25) is 0 Å². The molecule has 1 unspecified atom stereocenters. The Balaban J connectivity index is 1.73. The number of benzene rings is 1. The van der Waals surface area contributed by atoms with Crippen molar-refractivity contribution in [2.24, 2.45) is 0 Å². The fourth-order valence-electron chi connectivity index (χ4n) is 2.70. The van der Waals surface area contributed by atoms with E-state index in [1.807, 2.05) is 0 Å². The Bertz CT molecular complexity index is 428. The Kier molecular flexibility index (Phi) is 3.99. The summed E-state index contributed by atoms with van der Waals surface area (Å²) in [6.07, 6.45) is 3.36. The molecule has 0 aliphatic carbocycles. The van der Waals surface area contributed by atoms with Gasteiger partial charge in [-0.15, -0.1) is 0 Å². The second-order valence-electron chi connectivity index (χ2n) is 5.30. The van der Waals surface area contributed by atoms with E-state index in [4.69, 9.17) is 9.47 Å². The summed E-state index contributed by atoms with van der Waals surface area (Å²) in [5, 5.41) is 3.33. The molecule has 0 amide bonds. The normalized spacial score (nSPS) is 23.9. The average molecular weight is 265 g/mol. The number of hydrogen-bond acceptors (Lipinski definition) is 3. The number of rotatable bonds is 4. The van der Waals surface area contributed by atoms with Crippen molar-refractivity contribution in [1.82, 2.24) is 5.32 Å². The van der Waals surface area contributed by atoms with Gasteiger partial charge in [-0.3, -0.25) is 0 Å². The van der Waals surface area contributed by atoms with E-state index in [9.17, 15) is 4.39 Å². The van der Waals surface area contributed by atoms with Gasteiger partial charge in [-0.1, -0.05) is 0 Å². The predicted octanol–water partition coefficient (Wildman–Crippen LogP) is 2.46. The van der Waals surface area contributed by atoms with Crippen molar-refractivity contribution in [3.8, 4) is 5.75 Å². The van der Waals surface area contributed by atoms with E-state index in [1.165, 1.54) is 6.07 Å². The quantitative estimate of drug-likeness (QED) is 0.907. The van der Waals surface area contributed by atoms with Crippen LogP contribution in [0.15, 0.2) is 18.2 Å². The number of nitrogens with one attached hydrogen (secondary N) is 1. The number of halogens is 1. The van der Waals surface area contributed by atoms with Gasteiger partial charge < -0.3 is 14.8 Å². The van der Waals surface area contributed by atoms with Crippen LogP contribution in [0.5, 0.6) is 5.75 Å². The summed E-state index contributed by atoms with van der Waals surface area (Å²) in [5.41, 5.74) is 1.01. The second-order valence-corrected chi connectivity index (χ2v) is 5.30. The van der Waals surface area contributed by atoms with Gasteiger partial charge in [0.1, 0.15) is 18.2 Å². The highest BCUT2D eigenvalue weighted by molar-refractivity contribution is 5.37. The van der Waals surface area contributed by atoms with Crippen molar-refractivity contribution in [3.05, 3.63) is 29.6 Å². The molecule has 2 aliphatic rings. The Labute approximate surface area is 113 Å². The second kappa shape index (κ2) is 5.88. The van der Waals surface area contributed by atoms with E-state index < -0.39 is 0 Å². The van der Waals surface area contributed by atoms with E-state index in [0.29, 0.717) is 12.5 Å². The van der Waals surface area contributed by atoms with E-state index in [1.54, 1.807) is 12.1 Å². The van der Waals surface area contributed by atoms with Crippen molar-refractivity contribution in [2.45, 2.75) is 31.3 Å². The van der Waals surface area contributed by atoms with Crippen molar-refractivity contribution >= 4 is 0 Å². The van der Waals surface area contributed by atoms with Crippen molar-refractivity contribution in [3.63, 3.8) is 0 Å². The zero-order chi connectivity index (χ0) is 13.1. The van der Waals surface area contributed by atoms with E-state index >= 15 is 0 Å². The Morgan fingerprint density at radius 1 is 1.26 bits per heavy atom. The monoisotopic (exact) mass is 265 g/mol. The molecule has 1 atom stereocenters. The first-order valence-electron chi connectivity index (χ1n) is 7.07. The van der Waals surface area contributed by atoms with E-state index in [0.717, 1.165) is 50.3 Å². The predicted molar refractivity (Wildman–Crippen MR) is 71.1 cm³/mol. The highest BCUT2D eigenvalue weighted by Gasteiger charge is 2.22. The maximum Gasteiger partial charge on any atom is 0.123 e. The van der Waals surface area contributed by atoms with Crippen LogP contribution in [0.1, 0.15) is 30.7 Å². The van der Waals surface area contributed by atoms with Crippen LogP contribution in [0.25, 0.3) is 0 Å². The minimum absolute atomic E-state index is 0.180. The molecule has 19 heavy (non-hydrogen) atoms. The van der Waals surface area contributed by atoms with Crippen LogP contribution in [0.4, 0.5) is 4.39 Å². The molecule has 0 radical (unpaired) electrons. The molecule has 0 aromatic heterocycles. The molecule has 0 bridgehead atoms. The minimum atomic E-state index is -0.180. The zero-order valence-corrected chi connectivity index (χ0v) is 11.0. The Hall–Kier alpha value is -1.13. The van der Waals surface area contributed by atoms with Crippen molar-refractivity contribution in [2.75, 3.05) is 26.3 Å². The third kappa shape index (κ3) is 3.07. The van der Waals surface area contributed by atoms with Crippen LogP contribution >= 0.6 is 0 Å². The van der Waals surface area contributed by atoms with Crippen LogP contribution in [-0.2, 0) is 4.74 Å². The third-order valence-electron chi connectivity index (χ3n) is 3.97. The molecule has 1 aromatic rings. The SMILES string of the molecule is Fc1ccc(OCC2CCO2)c(C2CCNCC2)c1. The standard InChI is InChI=1S/C15H20FNO2/c16-12-1-2-15(19-10-13-5-8-18-13)14(9-12)11-3-6-17-7-4-11/h1-2,9,11,13,17H,3-8,10H2. The lowest BCUT2D eigenvalue weighted by atomic mass is 9.89. The van der Waals surface area contributed by atoms with Crippen molar-refractivity contribution in [1.29, 1.82) is 0 Å². The minimum Gasteiger partial charge on any atom is -0.491 e. The fraction of sp³-hybridized carbons (Fsp3) is 0.600. The molecule has 3 nitrogen and oxygen atoms in total. The number of hydrogen-bond donors (Lipinski definition) is 1. The first kappa shape index (κ1) is 12.9. The lowest BCUT2D eigenvalue weighted by Gasteiger charge is -2.28. The van der Waals surface area contributed by atoms with Crippen LogP contribution in [0, 0.1) is 5.82 Å². The third-order valence-corrected chi connectivity index (χ3v) is 3.97. The maximum absolute atomic E-state index is 13.5. The van der Waals surface area contributed by atoms with Crippen LogP contribution < -0.4 is 10.1 Å². The summed E-state index contributed by atoms with van der Waals surface area (Å²) in [6, 6.07) is 4.86. The molecule has 2 fully saturated rings. The molecule has 0 spiro atoms. The summed E-state index contributed by atoms with van der Waals surface area (Å²) < 4.78 is 24.7. The van der Waals surface area contributed by atoms with Gasteiger partial charge in [-0.05, 0) is 50.0 Å². The largest absolute Gasteiger partial charge is 0.491 e. The number of piperidine rings is 1. The molecule has 2 aliphatic heterocycles. The molecule has 104 valence electrons. The molecular formula is C15H20FNO2. The molecule has 2 heterocycles. The van der Waals surface area contributed by atoms with Crippen LogP contribution in [0.3, 0.4) is 0 Å². The summed E-state index contributed by atoms with van der Waals surface area (Å²) in [4.78, 5) is 0. The van der Waals surface area contributed by atoms with Gasteiger partial charge in [0.15, 0.2) is 0 Å². The molecule has 0 saturated carbocycles. The molecule has 4 heteroatoms. The summed E-state index contributed by atoms with van der Waals surface area (Å²) in [5.74, 6) is 1.04. The molecule has 2 saturated heterocycles. The van der Waals surface area contributed by atoms with Gasteiger partial charge in [0, 0.05) is 18.6 Å². The fourth-order valence-corrected chi connectivity index (χ4v) is 2.70. The summed E-state index contributed by atoms with van der Waals surface area (Å²) >= 11 is 0. The zero-order valence-electron chi connectivity index (χ0n) is 11.0. The Morgan fingerprint density at radius 2 is 2.05 bits per heavy atom. The average Bonchev–Trinajstić information content (AvgIpc) is 2.39. The Morgan fingerprint density at radius 3 is 2.74 bits per heavy atom. The molecular weight excluding hydrogens is 245 g/mol. The highest BCUT2D eigenvalue weighted by atomic mass is 19.1. The number of ether oxygens (including phenoxy) is 2. The van der Waals surface area contributed by atoms with Gasteiger partial charge in [0.05, 0.1) is 6.10 Å². The van der Waals surface area contributed by atoms with Crippen molar-refractivity contribution < 1.29 is 13.9 Å². The topological polar surface area (TPSA) is 30.5 Å². The van der Waals surface area contributed by atoms with Gasteiger partial charge in [-0.25, -0.2) is 4.39 Å². The first-order valence-corrected chi connectivity index (χ1v) is 7.07. The molecule has 1 aromatic carbocycles. The lowest BCUT2D eigenvalue weighted by Crippen LogP contribution is -2.33. The van der Waals surface area contributed by atoms with Gasteiger partial charge in [0.2, 0.25) is 0 Å². The first-order chi connectivity index (χ1) is 9.33. The van der Waals surface area contributed by atoms with E-state index in [-0.39, 0.29) is 11.9 Å². The summed E-state index contributed by atoms with van der Waals surface area (Å²) in [7, 11) is 0. The summed E-state index contributed by atoms with van der Waals surface area (Å²) in [6.45, 7) is 3.39. The molecule has 3 rings (SSSR count). The highest BCUT2D eigenvalue weighted by Crippen LogP contribution is 2.33. The lowest BCUT2D eigenvalue weighted by molar-refractivity contribution is -0.0722. The van der Waals surface area contributed by atoms with E-state index in [2.05, 4.69) is 5.32 Å². The van der Waals surface area contributed by atoms with Gasteiger partial charge >= 0.3 is 0 Å². The smallest absolute Gasteiger partial charge is 0.123 e. The van der Waals surface area contributed by atoms with Gasteiger partial charge in [0.25, 0.3) is 0 Å². The maximum atomic E-state index is 13.5. The van der Waals surface area contributed by atoms with Crippen LogP contribution in [-0.4, -0.2) is 32.4 Å². The molecule has 1 N–H and O–H groups in total. The van der Waals surface area contributed by atoms with Gasteiger partial charge in [-0.2, -0.15) is 0 Å².